The number of carbonyl (C=O) groups excluding carboxylic acids is 1. The van der Waals surface area contributed by atoms with Crippen molar-refractivity contribution in [1.29, 1.82) is 0 Å². The van der Waals surface area contributed by atoms with Crippen LogP contribution in [0.1, 0.15) is 53.6 Å². The van der Waals surface area contributed by atoms with Crippen LogP contribution >= 0.6 is 11.6 Å². The molecule has 0 amide bonds. The minimum atomic E-state index is -1.10. The third-order valence-electron chi connectivity index (χ3n) is 8.37. The van der Waals surface area contributed by atoms with Crippen molar-refractivity contribution in [3.05, 3.63) is 136 Å². The number of hydrogen-bond acceptors (Lipinski definition) is 4. The molecule has 0 aromatic heterocycles. The van der Waals surface area contributed by atoms with Crippen LogP contribution in [0.2, 0.25) is 5.02 Å². The van der Waals surface area contributed by atoms with Gasteiger partial charge in [-0.25, -0.2) is 5.06 Å². The molecule has 2 heterocycles. The second-order valence-corrected chi connectivity index (χ2v) is 11.1. The van der Waals surface area contributed by atoms with E-state index in [0.29, 0.717) is 24.5 Å². The molecule has 4 aromatic carbocycles. The van der Waals surface area contributed by atoms with Gasteiger partial charge in [0.05, 0.1) is 17.6 Å². The van der Waals surface area contributed by atoms with Gasteiger partial charge >= 0.3 is 0 Å². The monoisotopic (exact) mass is 536 g/mol. The average Bonchev–Trinajstić information content (AvgIpc) is 3.31. The summed E-state index contributed by atoms with van der Waals surface area (Å²) >= 11 is 6.92. The van der Waals surface area contributed by atoms with Crippen LogP contribution in [0, 0.1) is 6.92 Å². The molecule has 2 aliphatic heterocycles. The summed E-state index contributed by atoms with van der Waals surface area (Å²) in [5.74, 6) is -0.188. The lowest BCUT2D eigenvalue weighted by Crippen LogP contribution is -2.58. The van der Waals surface area contributed by atoms with E-state index in [1.165, 1.54) is 11.1 Å². The molecule has 198 valence electrons. The van der Waals surface area contributed by atoms with Gasteiger partial charge in [0, 0.05) is 30.6 Å². The highest BCUT2D eigenvalue weighted by Gasteiger charge is 2.62. The number of halogens is 1. The van der Waals surface area contributed by atoms with Gasteiger partial charge in [-0.05, 0) is 48.7 Å². The van der Waals surface area contributed by atoms with E-state index in [0.717, 1.165) is 16.8 Å². The summed E-state index contributed by atoms with van der Waals surface area (Å²) in [6.07, 6.45) is 0.418. The quantitative estimate of drug-likeness (QED) is 0.261. The molecule has 5 heteroatoms. The molecule has 4 nitrogen and oxygen atoms in total. The van der Waals surface area contributed by atoms with Gasteiger partial charge < -0.3 is 0 Å². The lowest BCUT2D eigenvalue weighted by atomic mass is 9.71. The molecule has 0 saturated carbocycles. The first-order valence-electron chi connectivity index (χ1n) is 13.6. The topological polar surface area (TPSA) is 32.8 Å². The zero-order chi connectivity index (χ0) is 27.0. The molecule has 2 unspecified atom stereocenters. The van der Waals surface area contributed by atoms with Crippen LogP contribution < -0.4 is 5.06 Å². The van der Waals surface area contributed by atoms with Crippen LogP contribution in [-0.2, 0) is 9.63 Å². The van der Waals surface area contributed by atoms with Crippen molar-refractivity contribution in [2.24, 2.45) is 0 Å². The number of anilines is 1. The van der Waals surface area contributed by atoms with Crippen LogP contribution in [0.4, 0.5) is 5.69 Å². The number of hydroxylamine groups is 1. The second-order valence-electron chi connectivity index (χ2n) is 10.7. The van der Waals surface area contributed by atoms with E-state index >= 15 is 0 Å². The molecule has 6 rings (SSSR count). The fourth-order valence-electron chi connectivity index (χ4n) is 6.26. The number of Topliss-reactive ketones (excluding diaryl/α,β-unsaturated/α-hetero) is 1. The van der Waals surface area contributed by atoms with E-state index in [-0.39, 0.29) is 23.8 Å². The SMILES string of the molecule is Cc1ccc([C@@H]2[C@@H](c3ccccc3Cl)C3(CN(C(C)c4ccccc4)CCC3=O)ON2c2ccccc2)cc1. The zero-order valence-electron chi connectivity index (χ0n) is 22.3. The van der Waals surface area contributed by atoms with Crippen molar-refractivity contribution in [1.82, 2.24) is 4.90 Å². The molecule has 0 N–H and O–H groups in total. The van der Waals surface area contributed by atoms with Crippen LogP contribution in [-0.4, -0.2) is 29.4 Å². The Morgan fingerprint density at radius 2 is 1.51 bits per heavy atom. The summed E-state index contributed by atoms with van der Waals surface area (Å²) in [4.78, 5) is 23.6. The van der Waals surface area contributed by atoms with Crippen molar-refractivity contribution < 1.29 is 9.63 Å². The fourth-order valence-corrected chi connectivity index (χ4v) is 6.51. The fraction of sp³-hybridized carbons (Fsp3) is 0.265. The number of para-hydroxylation sites is 1. The molecule has 2 saturated heterocycles. The van der Waals surface area contributed by atoms with Crippen LogP contribution in [0.25, 0.3) is 0 Å². The maximum Gasteiger partial charge on any atom is 0.176 e. The Morgan fingerprint density at radius 3 is 2.21 bits per heavy atom. The summed E-state index contributed by atoms with van der Waals surface area (Å²) in [6, 6.07) is 36.9. The van der Waals surface area contributed by atoms with Crippen molar-refractivity contribution in [3.63, 3.8) is 0 Å². The maximum absolute atomic E-state index is 14.2. The first kappa shape index (κ1) is 25.8. The molecular weight excluding hydrogens is 504 g/mol. The Balaban J connectivity index is 1.53. The molecule has 0 aliphatic carbocycles. The highest BCUT2D eigenvalue weighted by atomic mass is 35.5. The molecular formula is C34H33ClN2O2. The number of piperidine rings is 1. The van der Waals surface area contributed by atoms with Crippen molar-refractivity contribution in [3.8, 4) is 0 Å². The van der Waals surface area contributed by atoms with E-state index in [9.17, 15) is 4.79 Å². The van der Waals surface area contributed by atoms with E-state index in [4.69, 9.17) is 16.4 Å². The summed E-state index contributed by atoms with van der Waals surface area (Å²) in [5.41, 5.74) is 4.25. The van der Waals surface area contributed by atoms with Crippen LogP contribution in [0.15, 0.2) is 109 Å². The third kappa shape index (κ3) is 4.67. The second kappa shape index (κ2) is 10.6. The first-order valence-corrected chi connectivity index (χ1v) is 14.0. The summed E-state index contributed by atoms with van der Waals surface area (Å²) in [6.45, 7) is 5.47. The van der Waals surface area contributed by atoms with Crippen molar-refractivity contribution >= 4 is 23.1 Å². The van der Waals surface area contributed by atoms with Gasteiger partial charge in [0.15, 0.2) is 11.4 Å². The largest absolute Gasteiger partial charge is 0.296 e. The number of ketones is 1. The van der Waals surface area contributed by atoms with E-state index in [1.807, 2.05) is 59.7 Å². The zero-order valence-corrected chi connectivity index (χ0v) is 23.1. The summed E-state index contributed by atoms with van der Waals surface area (Å²) in [7, 11) is 0. The normalized spacial score (nSPS) is 24.3. The first-order chi connectivity index (χ1) is 19.0. The number of nitrogens with zero attached hydrogens (tertiary/aromatic N) is 2. The molecule has 39 heavy (non-hydrogen) atoms. The maximum atomic E-state index is 14.2. The molecule has 0 bridgehead atoms. The molecule has 4 atom stereocenters. The van der Waals surface area contributed by atoms with Crippen molar-refractivity contribution in [2.45, 2.75) is 43.9 Å². The third-order valence-corrected chi connectivity index (χ3v) is 8.71. The lowest BCUT2D eigenvalue weighted by molar-refractivity contribution is -0.151. The lowest BCUT2D eigenvalue weighted by Gasteiger charge is -2.43. The van der Waals surface area contributed by atoms with Crippen LogP contribution in [0.5, 0.6) is 0 Å². The minimum Gasteiger partial charge on any atom is -0.296 e. The van der Waals surface area contributed by atoms with Gasteiger partial charge in [-0.2, -0.15) is 0 Å². The Hall–Kier alpha value is -3.44. The van der Waals surface area contributed by atoms with Gasteiger partial charge in [0.1, 0.15) is 0 Å². The highest BCUT2D eigenvalue weighted by molar-refractivity contribution is 6.31. The number of likely N-dealkylation sites (tertiary alicyclic amines) is 1. The Morgan fingerprint density at radius 1 is 0.872 bits per heavy atom. The average molecular weight is 537 g/mol. The van der Waals surface area contributed by atoms with E-state index < -0.39 is 5.60 Å². The Labute approximate surface area is 235 Å². The van der Waals surface area contributed by atoms with Gasteiger partial charge in [-0.15, -0.1) is 0 Å². The standard InChI is InChI=1S/C34H33ClN2O2/c1-24-17-19-27(20-18-24)33-32(29-15-9-10-16-30(29)35)34(39-37(33)28-13-7-4-8-14-28)23-36(22-21-31(34)38)25(2)26-11-5-3-6-12-26/h3-20,25,32-33H,21-23H2,1-2H3/t25?,32-,33-,34?/m1/s1. The number of aryl methyl sites for hydroxylation is 1. The summed E-state index contributed by atoms with van der Waals surface area (Å²) < 4.78 is 0. The van der Waals surface area contributed by atoms with E-state index in [1.54, 1.807) is 0 Å². The summed E-state index contributed by atoms with van der Waals surface area (Å²) in [5, 5.41) is 2.62. The Kier molecular flexibility index (Phi) is 7.03. The van der Waals surface area contributed by atoms with Gasteiger partial charge in [-0.3, -0.25) is 14.5 Å². The number of carbonyl (C=O) groups is 1. The Bertz CT molecular complexity index is 1440. The molecule has 1 spiro atoms. The predicted molar refractivity (Wildman–Crippen MR) is 157 cm³/mol. The molecule has 2 fully saturated rings. The van der Waals surface area contributed by atoms with Gasteiger partial charge in [-0.1, -0.05) is 108 Å². The van der Waals surface area contributed by atoms with E-state index in [2.05, 4.69) is 73.3 Å². The number of rotatable bonds is 5. The van der Waals surface area contributed by atoms with Crippen molar-refractivity contribution in [2.75, 3.05) is 18.2 Å². The smallest absolute Gasteiger partial charge is 0.176 e. The number of benzene rings is 4. The molecule has 2 aliphatic rings. The van der Waals surface area contributed by atoms with Crippen LogP contribution in [0.3, 0.4) is 0 Å². The van der Waals surface area contributed by atoms with Gasteiger partial charge in [0.2, 0.25) is 0 Å². The van der Waals surface area contributed by atoms with Gasteiger partial charge in [0.25, 0.3) is 0 Å². The highest BCUT2D eigenvalue weighted by Crippen LogP contribution is 2.56. The molecule has 4 aromatic rings. The molecule has 0 radical (unpaired) electrons. The number of hydrogen-bond donors (Lipinski definition) is 0. The minimum absolute atomic E-state index is 0.125. The predicted octanol–water partition coefficient (Wildman–Crippen LogP) is 7.70.